The lowest BCUT2D eigenvalue weighted by Crippen LogP contribution is -2.41. The van der Waals surface area contributed by atoms with Crippen LogP contribution < -0.4 is 10.6 Å². The Morgan fingerprint density at radius 2 is 2.00 bits per heavy atom. The molecule has 1 aromatic rings. The minimum atomic E-state index is -4.33. The topological polar surface area (TPSA) is 41.1 Å². The summed E-state index contributed by atoms with van der Waals surface area (Å²) < 4.78 is 63.1. The normalized spacial score (nSPS) is 11.6. The van der Waals surface area contributed by atoms with Crippen LogP contribution >= 0.6 is 0 Å². The van der Waals surface area contributed by atoms with E-state index in [0.717, 1.165) is 6.07 Å². The van der Waals surface area contributed by atoms with E-state index in [1.807, 2.05) is 6.92 Å². The highest BCUT2D eigenvalue weighted by atomic mass is 19.3. The first kappa shape index (κ1) is 17.2. The molecule has 0 fully saturated rings. The first-order valence-electron chi connectivity index (χ1n) is 6.26. The van der Waals surface area contributed by atoms with Crippen molar-refractivity contribution in [2.24, 2.45) is 0 Å². The van der Waals surface area contributed by atoms with Gasteiger partial charge in [-0.05, 0) is 18.6 Å². The fourth-order valence-corrected chi connectivity index (χ4v) is 1.51. The van der Waals surface area contributed by atoms with E-state index in [2.05, 4.69) is 5.32 Å². The lowest BCUT2D eigenvalue weighted by Gasteiger charge is -2.17. The minimum Gasteiger partial charge on any atom is -0.382 e. The maximum Gasteiger partial charge on any atom is 0.324 e. The molecule has 1 aromatic carbocycles. The molecular weight excluding hydrogens is 295 g/mol. The molecule has 0 aromatic heterocycles. The van der Waals surface area contributed by atoms with Crippen LogP contribution in [-0.4, -0.2) is 31.3 Å². The number of amides is 1. The summed E-state index contributed by atoms with van der Waals surface area (Å²) in [4.78, 5) is 11.8. The molecule has 2 N–H and O–H groups in total. The van der Waals surface area contributed by atoms with Gasteiger partial charge in [-0.3, -0.25) is 4.79 Å². The number of benzene rings is 1. The average Bonchev–Trinajstić information content (AvgIpc) is 2.43. The van der Waals surface area contributed by atoms with Crippen molar-refractivity contribution in [3.05, 3.63) is 29.6 Å². The van der Waals surface area contributed by atoms with Gasteiger partial charge in [0.25, 0.3) is 5.91 Å². The maximum absolute atomic E-state index is 13.6. The number of rotatable bonds is 7. The van der Waals surface area contributed by atoms with E-state index >= 15 is 0 Å². The number of anilines is 1. The highest BCUT2D eigenvalue weighted by Gasteiger charge is 2.41. The molecule has 0 aliphatic carbocycles. The van der Waals surface area contributed by atoms with E-state index in [4.69, 9.17) is 0 Å². The molecular formula is C13H15F5N2O. The number of carbonyl (C=O) groups is 1. The van der Waals surface area contributed by atoms with Crippen molar-refractivity contribution in [3.63, 3.8) is 0 Å². The van der Waals surface area contributed by atoms with Crippen LogP contribution in [0.25, 0.3) is 0 Å². The number of carbonyl (C=O) groups excluding carboxylic acids is 1. The van der Waals surface area contributed by atoms with Gasteiger partial charge < -0.3 is 10.6 Å². The molecule has 0 saturated carbocycles. The van der Waals surface area contributed by atoms with Crippen molar-refractivity contribution < 1.29 is 26.7 Å². The standard InChI is InChI=1S/C13H15F5N2O/c1-2-6-19-10-8(4-3-5-9(10)14)11(21)20-7-13(17,18)12(15)16/h3-5,12,19H,2,6-7H2,1H3,(H,20,21). The zero-order valence-corrected chi connectivity index (χ0v) is 11.2. The molecule has 8 heteroatoms. The zero-order valence-electron chi connectivity index (χ0n) is 11.2. The van der Waals surface area contributed by atoms with Gasteiger partial charge in [-0.2, -0.15) is 8.78 Å². The molecule has 118 valence electrons. The largest absolute Gasteiger partial charge is 0.382 e. The van der Waals surface area contributed by atoms with Crippen LogP contribution in [-0.2, 0) is 0 Å². The highest BCUT2D eigenvalue weighted by Crippen LogP contribution is 2.23. The van der Waals surface area contributed by atoms with Crippen molar-refractivity contribution in [2.75, 3.05) is 18.4 Å². The summed E-state index contributed by atoms with van der Waals surface area (Å²) in [5, 5.41) is 4.35. The zero-order chi connectivity index (χ0) is 16.0. The van der Waals surface area contributed by atoms with Crippen molar-refractivity contribution in [1.29, 1.82) is 0 Å². The quantitative estimate of drug-likeness (QED) is 0.759. The van der Waals surface area contributed by atoms with Crippen LogP contribution in [0.5, 0.6) is 0 Å². The Labute approximate surface area is 118 Å². The Bertz CT molecular complexity index is 493. The number of hydrogen-bond donors (Lipinski definition) is 2. The summed E-state index contributed by atoms with van der Waals surface area (Å²) in [7, 11) is 0. The predicted octanol–water partition coefficient (Wildman–Crippen LogP) is 3.28. The summed E-state index contributed by atoms with van der Waals surface area (Å²) >= 11 is 0. The van der Waals surface area contributed by atoms with Gasteiger partial charge in [-0.1, -0.05) is 13.0 Å². The third-order valence-electron chi connectivity index (χ3n) is 2.61. The average molecular weight is 310 g/mol. The second kappa shape index (κ2) is 7.24. The highest BCUT2D eigenvalue weighted by molar-refractivity contribution is 5.99. The Balaban J connectivity index is 2.85. The molecule has 1 amide bonds. The molecule has 0 bridgehead atoms. The van der Waals surface area contributed by atoms with Gasteiger partial charge in [0.15, 0.2) is 0 Å². The van der Waals surface area contributed by atoms with Crippen LogP contribution in [0.3, 0.4) is 0 Å². The minimum absolute atomic E-state index is 0.141. The number of nitrogens with one attached hydrogen (secondary N) is 2. The maximum atomic E-state index is 13.6. The second-order valence-electron chi connectivity index (χ2n) is 4.33. The Kier molecular flexibility index (Phi) is 5.92. The van der Waals surface area contributed by atoms with E-state index in [1.54, 1.807) is 5.32 Å². The monoisotopic (exact) mass is 310 g/mol. The third-order valence-corrected chi connectivity index (χ3v) is 2.61. The van der Waals surface area contributed by atoms with Crippen molar-refractivity contribution in [1.82, 2.24) is 5.32 Å². The summed E-state index contributed by atoms with van der Waals surface area (Å²) in [5.74, 6) is -6.11. The lowest BCUT2D eigenvalue weighted by molar-refractivity contribution is -0.123. The number of hydrogen-bond acceptors (Lipinski definition) is 2. The Morgan fingerprint density at radius 3 is 2.57 bits per heavy atom. The van der Waals surface area contributed by atoms with Gasteiger partial charge >= 0.3 is 12.3 Å². The predicted molar refractivity (Wildman–Crippen MR) is 68.5 cm³/mol. The van der Waals surface area contributed by atoms with E-state index < -0.39 is 30.6 Å². The molecule has 21 heavy (non-hydrogen) atoms. The van der Waals surface area contributed by atoms with Crippen LogP contribution in [0, 0.1) is 5.82 Å². The molecule has 3 nitrogen and oxygen atoms in total. The van der Waals surface area contributed by atoms with Crippen molar-refractivity contribution in [2.45, 2.75) is 25.7 Å². The van der Waals surface area contributed by atoms with Crippen LogP contribution in [0.2, 0.25) is 0 Å². The van der Waals surface area contributed by atoms with Gasteiger partial charge in [0.2, 0.25) is 0 Å². The molecule has 1 rings (SSSR count). The molecule has 0 aliphatic heterocycles. The second-order valence-corrected chi connectivity index (χ2v) is 4.33. The van der Waals surface area contributed by atoms with Crippen molar-refractivity contribution >= 4 is 11.6 Å². The number of alkyl halides is 4. The third kappa shape index (κ3) is 4.57. The van der Waals surface area contributed by atoms with Crippen LogP contribution in [0.15, 0.2) is 18.2 Å². The number of para-hydroxylation sites is 1. The number of halogens is 5. The van der Waals surface area contributed by atoms with Gasteiger partial charge in [0.1, 0.15) is 5.82 Å². The lowest BCUT2D eigenvalue weighted by atomic mass is 10.1. The molecule has 0 radical (unpaired) electrons. The van der Waals surface area contributed by atoms with E-state index in [1.165, 1.54) is 12.1 Å². The molecule has 0 unspecified atom stereocenters. The Hall–Kier alpha value is -1.86. The summed E-state index contributed by atoms with van der Waals surface area (Å²) in [6, 6.07) is 3.55. The molecule has 0 aliphatic rings. The van der Waals surface area contributed by atoms with E-state index in [0.29, 0.717) is 13.0 Å². The summed E-state index contributed by atoms with van der Waals surface area (Å²) in [5.41, 5.74) is -0.356. The molecule has 0 atom stereocenters. The van der Waals surface area contributed by atoms with Gasteiger partial charge in [-0.25, -0.2) is 13.2 Å². The van der Waals surface area contributed by atoms with Gasteiger partial charge in [0.05, 0.1) is 17.8 Å². The smallest absolute Gasteiger partial charge is 0.324 e. The van der Waals surface area contributed by atoms with Crippen LogP contribution in [0.4, 0.5) is 27.6 Å². The fraction of sp³-hybridized carbons (Fsp3) is 0.462. The van der Waals surface area contributed by atoms with Crippen molar-refractivity contribution in [3.8, 4) is 0 Å². The van der Waals surface area contributed by atoms with Gasteiger partial charge in [-0.15, -0.1) is 0 Å². The first-order chi connectivity index (χ1) is 9.79. The molecule has 0 spiro atoms. The first-order valence-corrected chi connectivity index (χ1v) is 6.26. The van der Waals surface area contributed by atoms with Gasteiger partial charge in [0, 0.05) is 6.54 Å². The summed E-state index contributed by atoms with van der Waals surface area (Å²) in [6.07, 6.45) is -3.23. The van der Waals surface area contributed by atoms with E-state index in [-0.39, 0.29) is 11.3 Å². The molecule has 0 saturated heterocycles. The Morgan fingerprint density at radius 1 is 1.33 bits per heavy atom. The SMILES string of the molecule is CCCNc1c(F)cccc1C(=O)NCC(F)(F)C(F)F. The van der Waals surface area contributed by atoms with Crippen LogP contribution in [0.1, 0.15) is 23.7 Å². The fourth-order valence-electron chi connectivity index (χ4n) is 1.51. The molecule has 0 heterocycles. The summed E-state index contributed by atoms with van der Waals surface area (Å²) in [6.45, 7) is 0.665. The van der Waals surface area contributed by atoms with E-state index in [9.17, 15) is 26.7 Å².